The average Bonchev–Trinajstić information content (AvgIpc) is 2.61. The summed E-state index contributed by atoms with van der Waals surface area (Å²) in [6.07, 6.45) is 2.34. The molecule has 0 aliphatic carbocycles. The lowest BCUT2D eigenvalue weighted by Gasteiger charge is -2.01. The summed E-state index contributed by atoms with van der Waals surface area (Å²) >= 11 is 0. The van der Waals surface area contributed by atoms with Crippen molar-refractivity contribution >= 4 is 5.78 Å². The Morgan fingerprint density at radius 3 is 2.44 bits per heavy atom. The number of aromatic amines is 1. The zero-order valence-corrected chi connectivity index (χ0v) is 9.58. The number of H-pyrrole nitrogens is 1. The van der Waals surface area contributed by atoms with Crippen LogP contribution in [0.4, 0.5) is 0 Å². The van der Waals surface area contributed by atoms with Gasteiger partial charge in [-0.05, 0) is 30.5 Å². The number of hydrogen-bond donors (Lipinski definition) is 1. The number of aryl methyl sites for hydroxylation is 1. The van der Waals surface area contributed by atoms with Gasteiger partial charge in [-0.1, -0.05) is 30.3 Å². The fourth-order valence-electron chi connectivity index (χ4n) is 1.75. The van der Waals surface area contributed by atoms with E-state index in [1.165, 1.54) is 0 Å². The van der Waals surface area contributed by atoms with E-state index < -0.39 is 0 Å². The SMILES string of the molecule is Cc1c[nH]c(C(=O)Cc2ccccc2)c1C. The number of benzene rings is 1. The van der Waals surface area contributed by atoms with Crippen molar-refractivity contribution < 1.29 is 4.79 Å². The third-order valence-corrected chi connectivity index (χ3v) is 2.89. The Labute approximate surface area is 95.3 Å². The largest absolute Gasteiger partial charge is 0.358 e. The summed E-state index contributed by atoms with van der Waals surface area (Å²) < 4.78 is 0. The summed E-state index contributed by atoms with van der Waals surface area (Å²) in [4.78, 5) is 15.1. The fraction of sp³-hybridized carbons (Fsp3) is 0.214. The summed E-state index contributed by atoms with van der Waals surface area (Å²) in [5, 5.41) is 0. The third kappa shape index (κ3) is 2.06. The van der Waals surface area contributed by atoms with Crippen molar-refractivity contribution in [2.24, 2.45) is 0 Å². The van der Waals surface area contributed by atoms with E-state index >= 15 is 0 Å². The van der Waals surface area contributed by atoms with E-state index in [4.69, 9.17) is 0 Å². The Bertz CT molecular complexity index is 497. The zero-order valence-electron chi connectivity index (χ0n) is 9.58. The highest BCUT2D eigenvalue weighted by Crippen LogP contribution is 2.14. The van der Waals surface area contributed by atoms with Gasteiger partial charge in [-0.3, -0.25) is 4.79 Å². The van der Waals surface area contributed by atoms with E-state index in [1.54, 1.807) is 0 Å². The highest BCUT2D eigenvalue weighted by Gasteiger charge is 2.12. The van der Waals surface area contributed by atoms with Crippen LogP contribution in [-0.4, -0.2) is 10.8 Å². The maximum atomic E-state index is 12.0. The first-order valence-electron chi connectivity index (χ1n) is 5.40. The summed E-state index contributed by atoms with van der Waals surface area (Å²) in [6, 6.07) is 9.81. The molecule has 2 heteroatoms. The van der Waals surface area contributed by atoms with E-state index in [-0.39, 0.29) is 5.78 Å². The molecule has 1 heterocycles. The van der Waals surface area contributed by atoms with E-state index in [2.05, 4.69) is 4.98 Å². The van der Waals surface area contributed by atoms with Crippen molar-refractivity contribution in [3.8, 4) is 0 Å². The van der Waals surface area contributed by atoms with Gasteiger partial charge in [0.25, 0.3) is 0 Å². The van der Waals surface area contributed by atoms with Gasteiger partial charge in [0.1, 0.15) is 0 Å². The second-order valence-electron chi connectivity index (χ2n) is 4.06. The van der Waals surface area contributed by atoms with Crippen LogP contribution in [0.1, 0.15) is 27.2 Å². The minimum absolute atomic E-state index is 0.150. The van der Waals surface area contributed by atoms with Gasteiger partial charge in [0.2, 0.25) is 0 Å². The Kier molecular flexibility index (Phi) is 2.91. The molecule has 1 aromatic heterocycles. The van der Waals surface area contributed by atoms with Gasteiger partial charge < -0.3 is 4.98 Å². The number of ketones is 1. The highest BCUT2D eigenvalue weighted by atomic mass is 16.1. The van der Waals surface area contributed by atoms with Crippen molar-refractivity contribution in [3.05, 3.63) is 58.9 Å². The molecule has 2 aromatic rings. The minimum atomic E-state index is 0.150. The maximum absolute atomic E-state index is 12.0. The van der Waals surface area contributed by atoms with Gasteiger partial charge in [0.15, 0.2) is 5.78 Å². The molecule has 0 spiro atoms. The lowest BCUT2D eigenvalue weighted by Crippen LogP contribution is -2.05. The molecule has 0 bridgehead atoms. The molecule has 0 fully saturated rings. The maximum Gasteiger partial charge on any atom is 0.183 e. The van der Waals surface area contributed by atoms with Crippen molar-refractivity contribution in [3.63, 3.8) is 0 Å². The highest BCUT2D eigenvalue weighted by molar-refractivity contribution is 5.97. The molecular weight excluding hydrogens is 198 g/mol. The molecule has 0 unspecified atom stereocenters. The molecule has 0 aliphatic heterocycles. The van der Waals surface area contributed by atoms with Crippen molar-refractivity contribution in [2.75, 3.05) is 0 Å². The number of hydrogen-bond acceptors (Lipinski definition) is 1. The van der Waals surface area contributed by atoms with Gasteiger partial charge in [-0.25, -0.2) is 0 Å². The number of carbonyl (C=O) groups is 1. The quantitative estimate of drug-likeness (QED) is 0.781. The molecule has 16 heavy (non-hydrogen) atoms. The van der Waals surface area contributed by atoms with Crippen LogP contribution in [0.15, 0.2) is 36.5 Å². The molecule has 0 saturated heterocycles. The van der Waals surface area contributed by atoms with Crippen LogP contribution in [0.5, 0.6) is 0 Å². The van der Waals surface area contributed by atoms with Gasteiger partial charge >= 0.3 is 0 Å². The fourth-order valence-corrected chi connectivity index (χ4v) is 1.75. The summed E-state index contributed by atoms with van der Waals surface area (Å²) in [6.45, 7) is 3.98. The molecule has 0 radical (unpaired) electrons. The van der Waals surface area contributed by atoms with Gasteiger partial charge in [-0.2, -0.15) is 0 Å². The van der Waals surface area contributed by atoms with E-state index in [0.717, 1.165) is 22.4 Å². The average molecular weight is 213 g/mol. The molecule has 2 nitrogen and oxygen atoms in total. The lowest BCUT2D eigenvalue weighted by molar-refractivity contribution is 0.0988. The van der Waals surface area contributed by atoms with Crippen molar-refractivity contribution in [1.29, 1.82) is 0 Å². The van der Waals surface area contributed by atoms with Crippen molar-refractivity contribution in [2.45, 2.75) is 20.3 Å². The van der Waals surface area contributed by atoms with E-state index in [0.29, 0.717) is 6.42 Å². The Morgan fingerprint density at radius 1 is 1.19 bits per heavy atom. The van der Waals surface area contributed by atoms with Crippen LogP contribution in [0.25, 0.3) is 0 Å². The number of nitrogens with one attached hydrogen (secondary N) is 1. The molecule has 82 valence electrons. The van der Waals surface area contributed by atoms with Crippen LogP contribution in [0.2, 0.25) is 0 Å². The number of carbonyl (C=O) groups excluding carboxylic acids is 1. The van der Waals surface area contributed by atoms with Crippen LogP contribution < -0.4 is 0 Å². The molecule has 0 amide bonds. The molecule has 0 atom stereocenters. The summed E-state index contributed by atoms with van der Waals surface area (Å²) in [7, 11) is 0. The second kappa shape index (κ2) is 4.35. The zero-order chi connectivity index (χ0) is 11.5. The molecule has 2 rings (SSSR count). The first kappa shape index (κ1) is 10.7. The van der Waals surface area contributed by atoms with Gasteiger partial charge in [0.05, 0.1) is 5.69 Å². The smallest absolute Gasteiger partial charge is 0.183 e. The first-order chi connectivity index (χ1) is 7.68. The van der Waals surface area contributed by atoms with Crippen LogP contribution in [-0.2, 0) is 6.42 Å². The van der Waals surface area contributed by atoms with Crippen LogP contribution in [0.3, 0.4) is 0 Å². The molecule has 1 N–H and O–H groups in total. The normalized spacial score (nSPS) is 10.4. The lowest BCUT2D eigenvalue weighted by atomic mass is 10.0. The topological polar surface area (TPSA) is 32.9 Å². The Balaban J connectivity index is 2.18. The van der Waals surface area contributed by atoms with Crippen LogP contribution in [0, 0.1) is 13.8 Å². The van der Waals surface area contributed by atoms with Gasteiger partial charge in [-0.15, -0.1) is 0 Å². The second-order valence-corrected chi connectivity index (χ2v) is 4.06. The van der Waals surface area contributed by atoms with E-state index in [9.17, 15) is 4.79 Å². The molecule has 0 saturated carbocycles. The number of rotatable bonds is 3. The Hall–Kier alpha value is -1.83. The van der Waals surface area contributed by atoms with Crippen molar-refractivity contribution in [1.82, 2.24) is 4.98 Å². The van der Waals surface area contributed by atoms with Crippen LogP contribution >= 0.6 is 0 Å². The van der Waals surface area contributed by atoms with E-state index in [1.807, 2.05) is 50.4 Å². The minimum Gasteiger partial charge on any atom is -0.358 e. The monoisotopic (exact) mass is 213 g/mol. The molecular formula is C14H15NO. The Morgan fingerprint density at radius 2 is 1.88 bits per heavy atom. The third-order valence-electron chi connectivity index (χ3n) is 2.89. The first-order valence-corrected chi connectivity index (χ1v) is 5.40. The number of aromatic nitrogens is 1. The van der Waals surface area contributed by atoms with Gasteiger partial charge in [0, 0.05) is 12.6 Å². The molecule has 0 aliphatic rings. The summed E-state index contributed by atoms with van der Waals surface area (Å²) in [5.74, 6) is 0.150. The predicted octanol–water partition coefficient (Wildman–Crippen LogP) is 3.06. The summed E-state index contributed by atoms with van der Waals surface area (Å²) in [5.41, 5.74) is 3.98. The predicted molar refractivity (Wildman–Crippen MR) is 64.7 cm³/mol. The standard InChI is InChI=1S/C14H15NO/c1-10-9-15-14(11(10)2)13(16)8-12-6-4-3-5-7-12/h3-7,9,15H,8H2,1-2H3. The number of Topliss-reactive ketones (excluding diaryl/α,β-unsaturated/α-hetero) is 1. The molecule has 1 aromatic carbocycles.